The Labute approximate surface area is 175 Å². The third kappa shape index (κ3) is 2.68. The Hall–Kier alpha value is -1.66. The second-order valence-corrected chi connectivity index (χ2v) is 10.3. The van der Waals surface area contributed by atoms with Crippen molar-refractivity contribution in [1.82, 2.24) is 0 Å². The van der Waals surface area contributed by atoms with Gasteiger partial charge in [0.1, 0.15) is 11.9 Å². The van der Waals surface area contributed by atoms with Gasteiger partial charge in [0, 0.05) is 11.8 Å². The van der Waals surface area contributed by atoms with Crippen molar-refractivity contribution in [2.75, 3.05) is 0 Å². The molecule has 0 heterocycles. The molecule has 0 radical (unpaired) electrons. The summed E-state index contributed by atoms with van der Waals surface area (Å²) in [5.74, 6) is 4.48. The van der Waals surface area contributed by atoms with E-state index in [4.69, 9.17) is 6.42 Å². The minimum absolute atomic E-state index is 0.0835. The molecule has 0 saturated heterocycles. The third-order valence-corrected chi connectivity index (χ3v) is 9.64. The van der Waals surface area contributed by atoms with Crippen molar-refractivity contribution >= 4 is 12.1 Å². The zero-order valence-electron chi connectivity index (χ0n) is 18.0. The summed E-state index contributed by atoms with van der Waals surface area (Å²) in [6.45, 7) is 6.65. The average Bonchev–Trinajstić information content (AvgIpc) is 2.98. The quantitative estimate of drug-likeness (QED) is 0.431. The summed E-state index contributed by atoms with van der Waals surface area (Å²) in [5.41, 5.74) is 1.11. The molecule has 0 aromatic rings. The summed E-state index contributed by atoms with van der Waals surface area (Å²) in [6.07, 6.45) is 17.3. The number of hydrogen-bond donors (Lipinski definition) is 1. The van der Waals surface area contributed by atoms with Gasteiger partial charge in [-0.25, -0.2) is 0 Å². The fraction of sp³-hybridized carbons (Fsp3) is 0.692. The first-order chi connectivity index (χ1) is 13.7. The van der Waals surface area contributed by atoms with Crippen LogP contribution < -0.4 is 0 Å². The number of aldehydes is 1. The highest BCUT2D eigenvalue weighted by atomic mass is 16.3. The van der Waals surface area contributed by atoms with Gasteiger partial charge in [0.05, 0.1) is 0 Å². The Morgan fingerprint density at radius 1 is 1.28 bits per heavy atom. The minimum atomic E-state index is -0.992. The van der Waals surface area contributed by atoms with Gasteiger partial charge < -0.3 is 5.11 Å². The molecule has 0 aromatic heterocycles. The van der Waals surface area contributed by atoms with Crippen molar-refractivity contribution in [3.63, 3.8) is 0 Å². The highest BCUT2D eigenvalue weighted by molar-refractivity contribution is 5.92. The first kappa shape index (κ1) is 20.6. The van der Waals surface area contributed by atoms with Crippen molar-refractivity contribution in [3.8, 4) is 12.3 Å². The molecule has 7 atom stereocenters. The Bertz CT molecular complexity index is 829. The molecule has 3 nitrogen and oxygen atoms in total. The molecule has 156 valence electrons. The van der Waals surface area contributed by atoms with E-state index >= 15 is 0 Å². The number of allylic oxidation sites excluding steroid dienone is 3. The van der Waals surface area contributed by atoms with Gasteiger partial charge >= 0.3 is 0 Å². The number of fused-ring (bicyclic) bond motifs is 5. The molecule has 0 spiro atoms. The van der Waals surface area contributed by atoms with Gasteiger partial charge in [0.25, 0.3) is 0 Å². The van der Waals surface area contributed by atoms with Crippen LogP contribution in [-0.2, 0) is 9.59 Å². The normalized spacial score (nSPS) is 46.8. The lowest BCUT2D eigenvalue weighted by atomic mass is 9.43. The van der Waals surface area contributed by atoms with Crippen LogP contribution in [0.2, 0.25) is 0 Å². The van der Waals surface area contributed by atoms with Crippen molar-refractivity contribution < 1.29 is 14.7 Å². The van der Waals surface area contributed by atoms with Crippen molar-refractivity contribution in [3.05, 3.63) is 23.3 Å². The largest absolute Gasteiger partial charge is 0.377 e. The molecule has 0 amide bonds. The van der Waals surface area contributed by atoms with Gasteiger partial charge in [-0.15, -0.1) is 6.42 Å². The Morgan fingerprint density at radius 2 is 2.00 bits per heavy atom. The number of carbonyl (C=O) groups excluding carboxylic acids is 2. The molecule has 1 unspecified atom stereocenters. The molecular formula is C26H34O3. The SMILES string of the molecule is C#C[C@@]1(O)CC[C@H]2[C@@H]3CCC4=CC(=O)CC(C(=CC=O)CC)[C@]4(C)[C@H]3CC[C@@]21C. The summed E-state index contributed by atoms with van der Waals surface area (Å²) in [5, 5.41) is 11.2. The molecule has 0 aromatic carbocycles. The second kappa shape index (κ2) is 6.95. The Morgan fingerprint density at radius 3 is 2.66 bits per heavy atom. The molecular weight excluding hydrogens is 360 g/mol. The maximum absolute atomic E-state index is 12.6. The molecule has 4 aliphatic rings. The number of hydrogen-bond acceptors (Lipinski definition) is 3. The van der Waals surface area contributed by atoms with Crippen LogP contribution in [0.3, 0.4) is 0 Å². The zero-order valence-corrected chi connectivity index (χ0v) is 18.0. The van der Waals surface area contributed by atoms with E-state index in [1.165, 1.54) is 5.57 Å². The van der Waals surface area contributed by atoms with E-state index < -0.39 is 5.60 Å². The number of ketones is 1. The molecule has 0 aliphatic heterocycles. The van der Waals surface area contributed by atoms with Crippen LogP contribution in [0.15, 0.2) is 23.3 Å². The average molecular weight is 395 g/mol. The number of aliphatic hydroxyl groups is 1. The first-order valence-corrected chi connectivity index (χ1v) is 11.3. The fourth-order valence-electron chi connectivity index (χ4n) is 7.98. The molecule has 3 fully saturated rings. The summed E-state index contributed by atoms with van der Waals surface area (Å²) in [4.78, 5) is 23.9. The smallest absolute Gasteiger partial charge is 0.156 e. The summed E-state index contributed by atoms with van der Waals surface area (Å²) in [7, 11) is 0. The van der Waals surface area contributed by atoms with Gasteiger partial charge in [0.15, 0.2) is 5.78 Å². The van der Waals surface area contributed by atoms with E-state index in [0.717, 1.165) is 50.4 Å². The number of terminal acetylenes is 1. The second-order valence-electron chi connectivity index (χ2n) is 10.3. The van der Waals surface area contributed by atoms with Gasteiger partial charge in [0.2, 0.25) is 0 Å². The highest BCUT2D eigenvalue weighted by Gasteiger charge is 2.64. The Balaban J connectivity index is 1.77. The van der Waals surface area contributed by atoms with Gasteiger partial charge in [-0.05, 0) is 86.2 Å². The molecule has 3 heteroatoms. The lowest BCUT2D eigenvalue weighted by Gasteiger charge is -2.60. The fourth-order valence-corrected chi connectivity index (χ4v) is 7.98. The molecule has 29 heavy (non-hydrogen) atoms. The van der Waals surface area contributed by atoms with Crippen LogP contribution in [0.25, 0.3) is 0 Å². The summed E-state index contributed by atoms with van der Waals surface area (Å²) >= 11 is 0. The van der Waals surface area contributed by atoms with E-state index in [9.17, 15) is 14.7 Å². The van der Waals surface area contributed by atoms with Crippen LogP contribution in [-0.4, -0.2) is 22.8 Å². The van der Waals surface area contributed by atoms with Gasteiger partial charge in [-0.3, -0.25) is 9.59 Å². The zero-order chi connectivity index (χ0) is 21.0. The van der Waals surface area contributed by atoms with E-state index in [0.29, 0.717) is 30.6 Å². The summed E-state index contributed by atoms with van der Waals surface area (Å²) in [6, 6.07) is 0. The monoisotopic (exact) mass is 394 g/mol. The summed E-state index contributed by atoms with van der Waals surface area (Å²) < 4.78 is 0. The van der Waals surface area contributed by atoms with Gasteiger partial charge in [-0.2, -0.15) is 0 Å². The van der Waals surface area contributed by atoms with Crippen LogP contribution in [0.1, 0.15) is 72.1 Å². The Kier molecular flexibility index (Phi) is 4.94. The van der Waals surface area contributed by atoms with Crippen LogP contribution in [0.5, 0.6) is 0 Å². The predicted molar refractivity (Wildman–Crippen MR) is 114 cm³/mol. The van der Waals surface area contributed by atoms with Crippen molar-refractivity contribution in [2.24, 2.45) is 34.5 Å². The highest BCUT2D eigenvalue weighted by Crippen LogP contribution is 2.68. The lowest BCUT2D eigenvalue weighted by Crippen LogP contribution is -2.56. The van der Waals surface area contributed by atoms with Crippen molar-refractivity contribution in [2.45, 2.75) is 77.7 Å². The number of carbonyl (C=O) groups is 2. The number of rotatable bonds is 3. The van der Waals surface area contributed by atoms with Gasteiger partial charge in [-0.1, -0.05) is 37.8 Å². The standard InChI is InChI=1S/C26H34O3/c1-5-17(11-14-27)23-16-19(28)15-18-7-8-20-21-10-13-26(29,6-2)24(21,3)12-9-22(20)25(18,23)4/h2,11,14-15,20-23,29H,5,7-10,12-13,16H2,1,3-4H3/t20-,21-,22-,23?,24-,25-,26+/m0/s1. The van der Waals surface area contributed by atoms with Crippen molar-refractivity contribution in [1.29, 1.82) is 0 Å². The van der Waals surface area contributed by atoms with E-state index in [-0.39, 0.29) is 22.5 Å². The van der Waals surface area contributed by atoms with Crippen LogP contribution in [0, 0.1) is 46.8 Å². The van der Waals surface area contributed by atoms with E-state index in [1.807, 2.05) is 6.08 Å². The molecule has 0 bridgehead atoms. The maximum Gasteiger partial charge on any atom is 0.156 e. The first-order valence-electron chi connectivity index (χ1n) is 11.3. The predicted octanol–water partition coefficient (Wildman–Crippen LogP) is 4.64. The lowest BCUT2D eigenvalue weighted by molar-refractivity contribution is -0.123. The van der Waals surface area contributed by atoms with Crippen LogP contribution in [0.4, 0.5) is 0 Å². The molecule has 4 rings (SSSR count). The van der Waals surface area contributed by atoms with E-state index in [2.05, 4.69) is 26.7 Å². The minimum Gasteiger partial charge on any atom is -0.377 e. The molecule has 3 saturated carbocycles. The third-order valence-electron chi connectivity index (χ3n) is 9.64. The van der Waals surface area contributed by atoms with E-state index in [1.54, 1.807) is 6.08 Å². The molecule has 4 aliphatic carbocycles. The van der Waals surface area contributed by atoms with Crippen LogP contribution >= 0.6 is 0 Å². The topological polar surface area (TPSA) is 54.4 Å². The molecule has 1 N–H and O–H groups in total. The maximum atomic E-state index is 12.6.